The van der Waals surface area contributed by atoms with Crippen LogP contribution in [-0.2, 0) is 35.5 Å². The van der Waals surface area contributed by atoms with Crippen molar-refractivity contribution in [3.8, 4) is 0 Å². The second-order valence-electron chi connectivity index (χ2n) is 8.78. The van der Waals surface area contributed by atoms with E-state index in [0.717, 1.165) is 22.3 Å². The summed E-state index contributed by atoms with van der Waals surface area (Å²) in [6.45, 7) is 0.724. The van der Waals surface area contributed by atoms with E-state index in [1.165, 1.54) is 0 Å². The summed E-state index contributed by atoms with van der Waals surface area (Å²) >= 11 is 0. The number of pyridine rings is 1. The van der Waals surface area contributed by atoms with Crippen molar-refractivity contribution >= 4 is 11.8 Å². The molecule has 5 heteroatoms. The maximum atomic E-state index is 13.7. The van der Waals surface area contributed by atoms with Crippen molar-refractivity contribution in [3.05, 3.63) is 138 Å². The minimum Gasteiger partial charge on any atom is -0.350 e. The van der Waals surface area contributed by atoms with Gasteiger partial charge in [0.1, 0.15) is 6.04 Å². The molecule has 1 N–H and O–H groups in total. The number of nitrogens with one attached hydrogen (secondary N) is 1. The third-order valence-corrected chi connectivity index (χ3v) is 6.13. The summed E-state index contributed by atoms with van der Waals surface area (Å²) in [5, 5.41) is 3.04. The molecular formula is C31H31N3O2. The minimum atomic E-state index is -0.646. The normalized spacial score (nSPS) is 11.4. The van der Waals surface area contributed by atoms with Crippen molar-refractivity contribution in [3.63, 3.8) is 0 Å². The van der Waals surface area contributed by atoms with E-state index in [0.29, 0.717) is 32.4 Å². The van der Waals surface area contributed by atoms with Crippen molar-refractivity contribution in [1.82, 2.24) is 15.2 Å². The second-order valence-corrected chi connectivity index (χ2v) is 8.78. The molecule has 0 fully saturated rings. The fourth-order valence-corrected chi connectivity index (χ4v) is 4.18. The van der Waals surface area contributed by atoms with Crippen LogP contribution >= 0.6 is 0 Å². The highest BCUT2D eigenvalue weighted by Gasteiger charge is 2.30. The average Bonchev–Trinajstić information content (AvgIpc) is 2.94. The van der Waals surface area contributed by atoms with E-state index in [-0.39, 0.29) is 11.8 Å². The van der Waals surface area contributed by atoms with E-state index in [1.807, 2.05) is 103 Å². The fourth-order valence-electron chi connectivity index (χ4n) is 4.18. The smallest absolute Gasteiger partial charge is 0.243 e. The first kappa shape index (κ1) is 24.9. The first-order valence-corrected chi connectivity index (χ1v) is 12.3. The molecule has 0 aliphatic rings. The summed E-state index contributed by atoms with van der Waals surface area (Å²) in [6.07, 6.45) is 4.83. The average molecular weight is 478 g/mol. The molecule has 4 rings (SSSR count). The SMILES string of the molecule is O=C(NCc1cccnc1)[C@@H](Cc1ccccc1)N(Cc1ccccc1)C(=O)CCc1ccccc1. The van der Waals surface area contributed by atoms with Crippen LogP contribution in [0, 0.1) is 0 Å². The predicted octanol–water partition coefficient (Wildman–Crippen LogP) is 4.97. The van der Waals surface area contributed by atoms with Crippen LogP contribution < -0.4 is 5.32 Å². The summed E-state index contributed by atoms with van der Waals surface area (Å²) in [6, 6.07) is 32.8. The Morgan fingerprint density at radius 2 is 1.31 bits per heavy atom. The van der Waals surface area contributed by atoms with Gasteiger partial charge in [-0.15, -0.1) is 0 Å². The zero-order valence-corrected chi connectivity index (χ0v) is 20.3. The summed E-state index contributed by atoms with van der Waals surface area (Å²) in [4.78, 5) is 33.1. The van der Waals surface area contributed by atoms with Gasteiger partial charge in [0.2, 0.25) is 11.8 Å². The van der Waals surface area contributed by atoms with E-state index in [1.54, 1.807) is 17.3 Å². The highest BCUT2D eigenvalue weighted by molar-refractivity contribution is 5.88. The quantitative estimate of drug-likeness (QED) is 0.332. The monoisotopic (exact) mass is 477 g/mol. The first-order valence-electron chi connectivity index (χ1n) is 12.3. The minimum absolute atomic E-state index is 0.0415. The zero-order chi connectivity index (χ0) is 25.0. The molecule has 36 heavy (non-hydrogen) atoms. The summed E-state index contributed by atoms with van der Waals surface area (Å²) in [5.74, 6) is -0.216. The summed E-state index contributed by atoms with van der Waals surface area (Å²) in [5.41, 5.74) is 4.01. The number of amides is 2. The molecule has 0 aliphatic carbocycles. The first-order chi connectivity index (χ1) is 17.7. The Morgan fingerprint density at radius 3 is 1.92 bits per heavy atom. The van der Waals surface area contributed by atoms with Gasteiger partial charge in [-0.05, 0) is 34.7 Å². The maximum absolute atomic E-state index is 13.7. The number of hydrogen-bond acceptors (Lipinski definition) is 3. The Morgan fingerprint density at radius 1 is 0.722 bits per heavy atom. The molecule has 5 nitrogen and oxygen atoms in total. The van der Waals surface area contributed by atoms with Crippen LogP contribution in [0.25, 0.3) is 0 Å². The van der Waals surface area contributed by atoms with Crippen LogP contribution in [0.4, 0.5) is 0 Å². The topological polar surface area (TPSA) is 62.3 Å². The number of benzene rings is 3. The van der Waals surface area contributed by atoms with E-state index < -0.39 is 6.04 Å². The van der Waals surface area contributed by atoms with Gasteiger partial charge in [-0.1, -0.05) is 97.1 Å². The van der Waals surface area contributed by atoms with Gasteiger partial charge < -0.3 is 10.2 Å². The molecule has 0 saturated heterocycles. The van der Waals surface area contributed by atoms with Gasteiger partial charge in [-0.25, -0.2) is 0 Å². The van der Waals surface area contributed by atoms with Crippen LogP contribution in [-0.4, -0.2) is 27.7 Å². The Labute approximate surface area is 212 Å². The third kappa shape index (κ3) is 7.37. The number of rotatable bonds is 11. The summed E-state index contributed by atoms with van der Waals surface area (Å²) < 4.78 is 0. The fraction of sp³-hybridized carbons (Fsp3) is 0.194. The number of carbonyl (C=O) groups is 2. The molecule has 0 radical (unpaired) electrons. The van der Waals surface area contributed by atoms with Crippen molar-refractivity contribution in [2.45, 2.75) is 38.4 Å². The number of hydrogen-bond donors (Lipinski definition) is 1. The van der Waals surface area contributed by atoms with Gasteiger partial charge >= 0.3 is 0 Å². The number of aromatic nitrogens is 1. The Balaban J connectivity index is 1.59. The summed E-state index contributed by atoms with van der Waals surface area (Å²) in [7, 11) is 0. The number of aryl methyl sites for hydroxylation is 1. The van der Waals surface area contributed by atoms with Crippen molar-refractivity contribution in [2.75, 3.05) is 0 Å². The lowest BCUT2D eigenvalue weighted by Gasteiger charge is -2.31. The molecule has 0 bridgehead atoms. The van der Waals surface area contributed by atoms with Crippen molar-refractivity contribution in [1.29, 1.82) is 0 Å². The van der Waals surface area contributed by atoms with Crippen LogP contribution in [0.1, 0.15) is 28.7 Å². The lowest BCUT2D eigenvalue weighted by molar-refractivity contribution is -0.141. The van der Waals surface area contributed by atoms with E-state index in [2.05, 4.69) is 10.3 Å². The molecule has 0 saturated carbocycles. The van der Waals surface area contributed by atoms with Gasteiger partial charge in [0.05, 0.1) is 0 Å². The van der Waals surface area contributed by atoms with Gasteiger partial charge in [0.15, 0.2) is 0 Å². The maximum Gasteiger partial charge on any atom is 0.243 e. The van der Waals surface area contributed by atoms with Gasteiger partial charge in [0, 0.05) is 38.3 Å². The lowest BCUT2D eigenvalue weighted by Crippen LogP contribution is -2.50. The number of nitrogens with zero attached hydrogens (tertiary/aromatic N) is 2. The van der Waals surface area contributed by atoms with Crippen molar-refractivity contribution < 1.29 is 9.59 Å². The Hall–Kier alpha value is -4.25. The highest BCUT2D eigenvalue weighted by Crippen LogP contribution is 2.17. The molecule has 1 atom stereocenters. The molecule has 182 valence electrons. The van der Waals surface area contributed by atoms with Crippen LogP contribution in [0.3, 0.4) is 0 Å². The Bertz CT molecular complexity index is 1120. The van der Waals surface area contributed by atoms with Gasteiger partial charge in [0.25, 0.3) is 0 Å². The van der Waals surface area contributed by atoms with E-state index in [4.69, 9.17) is 0 Å². The van der Waals surface area contributed by atoms with Crippen LogP contribution in [0.15, 0.2) is 116 Å². The van der Waals surface area contributed by atoms with Gasteiger partial charge in [-0.3, -0.25) is 14.6 Å². The molecule has 1 aromatic heterocycles. The van der Waals surface area contributed by atoms with Crippen LogP contribution in [0.5, 0.6) is 0 Å². The van der Waals surface area contributed by atoms with Gasteiger partial charge in [-0.2, -0.15) is 0 Å². The van der Waals surface area contributed by atoms with Crippen LogP contribution in [0.2, 0.25) is 0 Å². The molecule has 0 spiro atoms. The molecule has 2 amide bonds. The lowest BCUT2D eigenvalue weighted by atomic mass is 10.0. The molecule has 0 unspecified atom stereocenters. The third-order valence-electron chi connectivity index (χ3n) is 6.13. The number of carbonyl (C=O) groups excluding carboxylic acids is 2. The largest absolute Gasteiger partial charge is 0.350 e. The van der Waals surface area contributed by atoms with E-state index in [9.17, 15) is 9.59 Å². The highest BCUT2D eigenvalue weighted by atomic mass is 16.2. The second kappa shape index (κ2) is 13.0. The molecule has 4 aromatic rings. The molecular weight excluding hydrogens is 446 g/mol. The van der Waals surface area contributed by atoms with E-state index >= 15 is 0 Å². The standard InChI is InChI=1S/C31H31N3O2/c35-30(19-18-25-11-4-1-5-12-25)34(24-27-15-8-3-9-16-27)29(21-26-13-6-2-7-14-26)31(36)33-23-28-17-10-20-32-22-28/h1-17,20,22,29H,18-19,21,23-24H2,(H,33,36)/t29-/m1/s1. The zero-order valence-electron chi connectivity index (χ0n) is 20.3. The predicted molar refractivity (Wildman–Crippen MR) is 142 cm³/mol. The molecule has 3 aromatic carbocycles. The van der Waals surface area contributed by atoms with Crippen molar-refractivity contribution in [2.24, 2.45) is 0 Å². The molecule has 1 heterocycles. The molecule has 0 aliphatic heterocycles. The Kier molecular flexibility index (Phi) is 8.98.